The number of hydrogen-bond acceptors (Lipinski definition) is 6. The van der Waals surface area contributed by atoms with Gasteiger partial charge in [-0.3, -0.25) is 9.69 Å². The average molecular weight is 442 g/mol. The molecule has 0 spiro atoms. The molecule has 0 radical (unpaired) electrons. The summed E-state index contributed by atoms with van der Waals surface area (Å²) in [7, 11) is 3.20. The SMILES string of the molecule is COCC(=O)N[C@H](CC(C)C)c1nnc2n1CCN(C/C=C/c1ccc(OC)cc1)CC2. The van der Waals surface area contributed by atoms with E-state index in [1.165, 1.54) is 7.11 Å². The van der Waals surface area contributed by atoms with Gasteiger partial charge in [0.25, 0.3) is 0 Å². The molecule has 0 bridgehead atoms. The van der Waals surface area contributed by atoms with Crippen LogP contribution < -0.4 is 10.1 Å². The fourth-order valence-electron chi connectivity index (χ4n) is 3.95. The summed E-state index contributed by atoms with van der Waals surface area (Å²) in [6.45, 7) is 7.85. The second-order valence-electron chi connectivity index (χ2n) is 8.53. The zero-order chi connectivity index (χ0) is 22.9. The zero-order valence-corrected chi connectivity index (χ0v) is 19.6. The molecule has 1 aliphatic rings. The Morgan fingerprint density at radius 1 is 1.16 bits per heavy atom. The number of nitrogens with one attached hydrogen (secondary N) is 1. The Morgan fingerprint density at radius 2 is 1.94 bits per heavy atom. The van der Waals surface area contributed by atoms with Gasteiger partial charge in [-0.05, 0) is 30.0 Å². The highest BCUT2D eigenvalue weighted by Crippen LogP contribution is 2.22. The number of rotatable bonds is 10. The van der Waals surface area contributed by atoms with Crippen LogP contribution in [0.25, 0.3) is 6.08 Å². The van der Waals surface area contributed by atoms with Crippen LogP contribution in [0.15, 0.2) is 30.3 Å². The first kappa shape index (κ1) is 23.9. The standard InChI is InChI=1S/C24H35N5O3/c1-18(2)16-21(25-23(30)17-31-3)24-27-26-22-11-13-28(14-15-29(22)24)12-5-6-19-7-9-20(32-4)10-8-19/h5-10,18,21H,11-17H2,1-4H3,(H,25,30)/b6-5+/t21-/m1/s1. The van der Waals surface area contributed by atoms with Crippen LogP contribution in [0.1, 0.15) is 43.5 Å². The summed E-state index contributed by atoms with van der Waals surface area (Å²) in [5.41, 5.74) is 1.16. The molecule has 8 heteroatoms. The van der Waals surface area contributed by atoms with Gasteiger partial charge in [0.1, 0.15) is 18.2 Å². The zero-order valence-electron chi connectivity index (χ0n) is 19.6. The van der Waals surface area contributed by atoms with Crippen molar-refractivity contribution in [1.29, 1.82) is 0 Å². The van der Waals surface area contributed by atoms with E-state index in [2.05, 4.69) is 63.1 Å². The van der Waals surface area contributed by atoms with Gasteiger partial charge in [0.2, 0.25) is 5.91 Å². The molecule has 1 aliphatic heterocycles. The first-order valence-electron chi connectivity index (χ1n) is 11.2. The Bertz CT molecular complexity index is 892. The van der Waals surface area contributed by atoms with Crippen molar-refractivity contribution in [1.82, 2.24) is 25.0 Å². The minimum Gasteiger partial charge on any atom is -0.497 e. The van der Waals surface area contributed by atoms with Crippen molar-refractivity contribution in [3.05, 3.63) is 47.6 Å². The van der Waals surface area contributed by atoms with Crippen molar-refractivity contribution in [2.24, 2.45) is 5.92 Å². The Kier molecular flexibility index (Phi) is 8.81. The van der Waals surface area contributed by atoms with Crippen LogP contribution in [0.4, 0.5) is 0 Å². The number of amides is 1. The molecule has 0 saturated heterocycles. The summed E-state index contributed by atoms with van der Waals surface area (Å²) >= 11 is 0. The molecule has 0 fully saturated rings. The summed E-state index contributed by atoms with van der Waals surface area (Å²) in [5, 5.41) is 12.0. The van der Waals surface area contributed by atoms with Gasteiger partial charge < -0.3 is 19.4 Å². The summed E-state index contributed by atoms with van der Waals surface area (Å²) < 4.78 is 12.4. The predicted molar refractivity (Wildman–Crippen MR) is 124 cm³/mol. The number of nitrogens with zero attached hydrogens (tertiary/aromatic N) is 4. The number of ether oxygens (including phenoxy) is 2. The largest absolute Gasteiger partial charge is 0.497 e. The minimum atomic E-state index is -0.166. The number of benzene rings is 1. The highest BCUT2D eigenvalue weighted by Gasteiger charge is 2.25. The molecule has 3 rings (SSSR count). The number of carbonyl (C=O) groups is 1. The van der Waals surface area contributed by atoms with E-state index in [4.69, 9.17) is 9.47 Å². The average Bonchev–Trinajstić information content (AvgIpc) is 3.07. The lowest BCUT2D eigenvalue weighted by Gasteiger charge is -2.21. The number of aromatic nitrogens is 3. The van der Waals surface area contributed by atoms with E-state index in [0.717, 1.165) is 62.0 Å². The molecule has 0 saturated carbocycles. The molecule has 174 valence electrons. The Labute approximate surface area is 190 Å². The summed E-state index contributed by atoms with van der Waals surface area (Å²) in [4.78, 5) is 14.6. The molecule has 2 heterocycles. The van der Waals surface area contributed by atoms with Crippen LogP contribution in [0.2, 0.25) is 0 Å². The maximum atomic E-state index is 12.2. The normalized spacial score (nSPS) is 15.5. The van der Waals surface area contributed by atoms with E-state index >= 15 is 0 Å². The Hall–Kier alpha value is -2.71. The van der Waals surface area contributed by atoms with Gasteiger partial charge in [-0.25, -0.2) is 0 Å². The molecule has 0 aliphatic carbocycles. The highest BCUT2D eigenvalue weighted by atomic mass is 16.5. The molecule has 1 amide bonds. The van der Waals surface area contributed by atoms with E-state index in [9.17, 15) is 4.79 Å². The van der Waals surface area contributed by atoms with Crippen molar-refractivity contribution < 1.29 is 14.3 Å². The molecule has 1 aromatic heterocycles. The molecule has 1 N–H and O–H groups in total. The molecule has 8 nitrogen and oxygen atoms in total. The van der Waals surface area contributed by atoms with Crippen molar-refractivity contribution >= 4 is 12.0 Å². The lowest BCUT2D eigenvalue weighted by atomic mass is 10.0. The van der Waals surface area contributed by atoms with Gasteiger partial charge >= 0.3 is 0 Å². The van der Waals surface area contributed by atoms with Crippen LogP contribution in [0.5, 0.6) is 5.75 Å². The molecular formula is C24H35N5O3. The van der Waals surface area contributed by atoms with E-state index < -0.39 is 0 Å². The predicted octanol–water partition coefficient (Wildman–Crippen LogP) is 2.71. The van der Waals surface area contributed by atoms with Crippen LogP contribution in [0.3, 0.4) is 0 Å². The maximum absolute atomic E-state index is 12.2. The number of fused-ring (bicyclic) bond motifs is 1. The van der Waals surface area contributed by atoms with Gasteiger partial charge in [0, 0.05) is 39.7 Å². The Morgan fingerprint density at radius 3 is 2.62 bits per heavy atom. The summed E-state index contributed by atoms with van der Waals surface area (Å²) in [6.07, 6.45) is 5.98. The number of carbonyl (C=O) groups excluding carboxylic acids is 1. The third-order valence-electron chi connectivity index (χ3n) is 5.57. The van der Waals surface area contributed by atoms with Crippen molar-refractivity contribution in [3.8, 4) is 5.75 Å². The van der Waals surface area contributed by atoms with Crippen LogP contribution in [-0.2, 0) is 22.5 Å². The van der Waals surface area contributed by atoms with Crippen molar-refractivity contribution in [2.45, 2.75) is 39.3 Å². The minimum absolute atomic E-state index is 0.0455. The first-order chi connectivity index (χ1) is 15.5. The molecule has 1 atom stereocenters. The molecule has 2 aromatic rings. The fraction of sp³-hybridized carbons (Fsp3) is 0.542. The molecular weight excluding hydrogens is 406 g/mol. The van der Waals surface area contributed by atoms with Crippen LogP contribution in [0, 0.1) is 5.92 Å². The van der Waals surface area contributed by atoms with Crippen LogP contribution >= 0.6 is 0 Å². The Balaban J connectivity index is 1.62. The quantitative estimate of drug-likeness (QED) is 0.611. The monoisotopic (exact) mass is 441 g/mol. The van der Waals surface area contributed by atoms with E-state index in [-0.39, 0.29) is 18.6 Å². The van der Waals surface area contributed by atoms with Crippen molar-refractivity contribution in [3.63, 3.8) is 0 Å². The maximum Gasteiger partial charge on any atom is 0.246 e. The number of hydrogen-bond donors (Lipinski definition) is 1. The third kappa shape index (κ3) is 6.64. The molecule has 1 aromatic carbocycles. The lowest BCUT2D eigenvalue weighted by Crippen LogP contribution is -2.34. The first-order valence-corrected chi connectivity index (χ1v) is 11.2. The highest BCUT2D eigenvalue weighted by molar-refractivity contribution is 5.77. The van der Waals surface area contributed by atoms with E-state index in [1.54, 1.807) is 7.11 Å². The van der Waals surface area contributed by atoms with Gasteiger partial charge in [-0.15, -0.1) is 10.2 Å². The molecule has 32 heavy (non-hydrogen) atoms. The fourth-order valence-corrected chi connectivity index (χ4v) is 3.95. The summed E-state index contributed by atoms with van der Waals surface area (Å²) in [5.74, 6) is 2.98. The third-order valence-corrected chi connectivity index (χ3v) is 5.57. The van der Waals surface area contributed by atoms with Gasteiger partial charge in [-0.2, -0.15) is 0 Å². The van der Waals surface area contributed by atoms with E-state index in [0.29, 0.717) is 5.92 Å². The lowest BCUT2D eigenvalue weighted by molar-refractivity contribution is -0.125. The van der Waals surface area contributed by atoms with Gasteiger partial charge in [-0.1, -0.05) is 38.1 Å². The topological polar surface area (TPSA) is 81.5 Å². The number of methoxy groups -OCH3 is 2. The van der Waals surface area contributed by atoms with E-state index in [1.807, 2.05) is 12.1 Å². The van der Waals surface area contributed by atoms with Crippen LogP contribution in [-0.4, -0.2) is 66.0 Å². The van der Waals surface area contributed by atoms with Gasteiger partial charge in [0.05, 0.1) is 13.2 Å². The second-order valence-corrected chi connectivity index (χ2v) is 8.53. The smallest absolute Gasteiger partial charge is 0.246 e. The second kappa shape index (κ2) is 11.8. The summed E-state index contributed by atoms with van der Waals surface area (Å²) in [6, 6.07) is 7.88. The molecule has 0 unspecified atom stereocenters. The van der Waals surface area contributed by atoms with Crippen molar-refractivity contribution in [2.75, 3.05) is 40.5 Å². The van der Waals surface area contributed by atoms with Gasteiger partial charge in [0.15, 0.2) is 5.82 Å².